The summed E-state index contributed by atoms with van der Waals surface area (Å²) < 4.78 is 13.9. The highest BCUT2D eigenvalue weighted by Crippen LogP contribution is 2.17. The van der Waals surface area contributed by atoms with Gasteiger partial charge in [-0.15, -0.1) is 0 Å². The summed E-state index contributed by atoms with van der Waals surface area (Å²) in [6.45, 7) is 0.203. The van der Waals surface area contributed by atoms with E-state index in [1.165, 1.54) is 18.2 Å². The fourth-order valence-electron chi connectivity index (χ4n) is 1.67. The van der Waals surface area contributed by atoms with Crippen LogP contribution in [0.1, 0.15) is 15.9 Å². The molecule has 0 atom stereocenters. The van der Waals surface area contributed by atoms with Crippen LogP contribution in [0.15, 0.2) is 42.5 Å². The van der Waals surface area contributed by atoms with Gasteiger partial charge in [0, 0.05) is 16.1 Å². The minimum absolute atomic E-state index is 0.0817. The molecule has 2 aromatic carbocycles. The highest BCUT2D eigenvalue weighted by Gasteiger charge is 2.10. The van der Waals surface area contributed by atoms with Crippen molar-refractivity contribution in [3.8, 4) is 11.8 Å². The third kappa shape index (κ3) is 4.06. The average Bonchev–Trinajstić information content (AvgIpc) is 2.47. The molecule has 0 radical (unpaired) electrons. The summed E-state index contributed by atoms with van der Waals surface area (Å²) >= 11 is 5.81. The van der Waals surface area contributed by atoms with Gasteiger partial charge in [0.15, 0.2) is 0 Å². The molecule has 1 amide bonds. The molecular weight excluding hydrogens is 291 g/mol. The summed E-state index contributed by atoms with van der Waals surface area (Å²) in [5.74, 6) is 4.36. The van der Waals surface area contributed by atoms with E-state index in [1.54, 1.807) is 24.3 Å². The molecule has 0 aliphatic rings. The predicted octanol–water partition coefficient (Wildman–Crippen LogP) is 3.04. The Hall–Kier alpha value is -2.35. The number of nitrogens with one attached hydrogen (secondary N) is 1. The lowest BCUT2D eigenvalue weighted by molar-refractivity contribution is 0.102. The molecule has 0 spiro atoms. The van der Waals surface area contributed by atoms with Crippen LogP contribution < -0.4 is 11.1 Å². The van der Waals surface area contributed by atoms with Gasteiger partial charge < -0.3 is 11.1 Å². The molecule has 3 N–H and O–H groups in total. The minimum atomic E-state index is -0.561. The number of hydrogen-bond donors (Lipinski definition) is 2. The molecule has 0 heterocycles. The lowest BCUT2D eigenvalue weighted by Crippen LogP contribution is -2.13. The summed E-state index contributed by atoms with van der Waals surface area (Å²) in [7, 11) is 0. The molecule has 0 aliphatic heterocycles. The summed E-state index contributed by atoms with van der Waals surface area (Å²) in [5.41, 5.74) is 6.19. The van der Waals surface area contributed by atoms with Gasteiger partial charge >= 0.3 is 0 Å². The molecule has 0 saturated heterocycles. The predicted molar refractivity (Wildman–Crippen MR) is 81.7 cm³/mol. The third-order valence-electron chi connectivity index (χ3n) is 2.64. The topological polar surface area (TPSA) is 55.1 Å². The molecule has 0 bridgehead atoms. The van der Waals surface area contributed by atoms with E-state index in [1.807, 2.05) is 0 Å². The van der Waals surface area contributed by atoms with E-state index in [2.05, 4.69) is 17.2 Å². The van der Waals surface area contributed by atoms with Crippen molar-refractivity contribution >= 4 is 23.2 Å². The van der Waals surface area contributed by atoms with Gasteiger partial charge in [-0.2, -0.15) is 0 Å². The van der Waals surface area contributed by atoms with Crippen molar-refractivity contribution in [1.82, 2.24) is 0 Å². The van der Waals surface area contributed by atoms with Crippen LogP contribution in [0.25, 0.3) is 0 Å². The summed E-state index contributed by atoms with van der Waals surface area (Å²) in [5, 5.41) is 2.93. The summed E-state index contributed by atoms with van der Waals surface area (Å²) in [4.78, 5) is 12.0. The number of carbonyl (C=O) groups is 1. The first kappa shape index (κ1) is 15.0. The largest absolute Gasteiger partial charge is 0.320 e. The van der Waals surface area contributed by atoms with Crippen molar-refractivity contribution in [3.63, 3.8) is 0 Å². The van der Waals surface area contributed by atoms with Crippen molar-refractivity contribution in [2.75, 3.05) is 11.9 Å². The van der Waals surface area contributed by atoms with Crippen LogP contribution in [0, 0.1) is 17.7 Å². The Morgan fingerprint density at radius 1 is 1.29 bits per heavy atom. The fourth-order valence-corrected chi connectivity index (χ4v) is 1.86. The zero-order valence-corrected chi connectivity index (χ0v) is 11.7. The molecule has 0 unspecified atom stereocenters. The third-order valence-corrected chi connectivity index (χ3v) is 2.87. The van der Waals surface area contributed by atoms with Gasteiger partial charge in [-0.1, -0.05) is 29.5 Å². The van der Waals surface area contributed by atoms with Gasteiger partial charge in [0.2, 0.25) is 0 Å². The molecule has 0 aromatic heterocycles. The number of anilines is 1. The smallest absolute Gasteiger partial charge is 0.255 e. The molecule has 0 aliphatic carbocycles. The van der Waals surface area contributed by atoms with E-state index in [9.17, 15) is 9.18 Å². The van der Waals surface area contributed by atoms with Crippen LogP contribution in [0.2, 0.25) is 5.02 Å². The Bertz CT molecular complexity index is 735. The Morgan fingerprint density at radius 2 is 2.10 bits per heavy atom. The number of amides is 1. The maximum atomic E-state index is 13.9. The molecule has 21 heavy (non-hydrogen) atoms. The Labute approximate surface area is 126 Å². The van der Waals surface area contributed by atoms with Crippen molar-refractivity contribution in [3.05, 3.63) is 64.4 Å². The molecule has 0 saturated carbocycles. The van der Waals surface area contributed by atoms with Crippen molar-refractivity contribution < 1.29 is 9.18 Å². The van der Waals surface area contributed by atoms with Gasteiger partial charge in [0.25, 0.3) is 5.91 Å². The van der Waals surface area contributed by atoms with Crippen LogP contribution in [-0.2, 0) is 0 Å². The van der Waals surface area contributed by atoms with Gasteiger partial charge in [-0.3, -0.25) is 4.79 Å². The summed E-state index contributed by atoms with van der Waals surface area (Å²) in [6.07, 6.45) is 0. The van der Waals surface area contributed by atoms with E-state index < -0.39 is 11.7 Å². The maximum Gasteiger partial charge on any atom is 0.255 e. The number of rotatable bonds is 2. The molecule has 3 nitrogen and oxygen atoms in total. The van der Waals surface area contributed by atoms with Crippen LogP contribution in [0.3, 0.4) is 0 Å². The first-order chi connectivity index (χ1) is 10.1. The van der Waals surface area contributed by atoms with E-state index in [-0.39, 0.29) is 12.2 Å². The molecule has 106 valence electrons. The van der Waals surface area contributed by atoms with Gasteiger partial charge in [0.05, 0.1) is 12.2 Å². The second kappa shape index (κ2) is 6.89. The lowest BCUT2D eigenvalue weighted by atomic mass is 10.1. The number of hydrogen-bond acceptors (Lipinski definition) is 2. The monoisotopic (exact) mass is 302 g/mol. The molecule has 5 heteroatoms. The quantitative estimate of drug-likeness (QED) is 0.838. The first-order valence-electron chi connectivity index (χ1n) is 6.15. The molecule has 2 rings (SSSR count). The van der Waals surface area contributed by atoms with Crippen molar-refractivity contribution in [2.45, 2.75) is 0 Å². The fraction of sp³-hybridized carbons (Fsp3) is 0.0625. The Kier molecular flexibility index (Phi) is 4.94. The highest BCUT2D eigenvalue weighted by molar-refractivity contribution is 6.31. The van der Waals surface area contributed by atoms with Crippen molar-refractivity contribution in [2.24, 2.45) is 5.73 Å². The van der Waals surface area contributed by atoms with Crippen LogP contribution >= 0.6 is 11.6 Å². The number of benzene rings is 2. The molecule has 2 aromatic rings. The van der Waals surface area contributed by atoms with E-state index in [4.69, 9.17) is 17.3 Å². The summed E-state index contributed by atoms with van der Waals surface area (Å²) in [6, 6.07) is 10.7. The second-order valence-corrected chi connectivity index (χ2v) is 4.60. The normalized spacial score (nSPS) is 9.67. The molecular formula is C16H12ClFN2O. The molecule has 0 fully saturated rings. The number of halogens is 2. The lowest BCUT2D eigenvalue weighted by Gasteiger charge is -2.07. The van der Waals surface area contributed by atoms with Gasteiger partial charge in [-0.05, 0) is 36.4 Å². The number of carbonyl (C=O) groups excluding carboxylic acids is 1. The van der Waals surface area contributed by atoms with Gasteiger partial charge in [0.1, 0.15) is 5.82 Å². The Morgan fingerprint density at radius 3 is 2.76 bits per heavy atom. The highest BCUT2D eigenvalue weighted by atomic mass is 35.5. The van der Waals surface area contributed by atoms with Crippen LogP contribution in [-0.4, -0.2) is 12.5 Å². The van der Waals surface area contributed by atoms with E-state index in [0.717, 1.165) is 0 Å². The number of nitrogens with two attached hydrogens (primary N) is 1. The minimum Gasteiger partial charge on any atom is -0.320 e. The average molecular weight is 303 g/mol. The van der Waals surface area contributed by atoms with E-state index >= 15 is 0 Å². The maximum absolute atomic E-state index is 13.9. The first-order valence-corrected chi connectivity index (χ1v) is 6.53. The van der Waals surface area contributed by atoms with E-state index in [0.29, 0.717) is 16.1 Å². The zero-order valence-electron chi connectivity index (χ0n) is 11.0. The van der Waals surface area contributed by atoms with Crippen molar-refractivity contribution in [1.29, 1.82) is 0 Å². The SMILES string of the molecule is NCC#Cc1ccc(NC(=O)c2cccc(Cl)c2)c(F)c1. The second-order valence-electron chi connectivity index (χ2n) is 4.16. The van der Waals surface area contributed by atoms with Crippen LogP contribution in [0.5, 0.6) is 0 Å². The van der Waals surface area contributed by atoms with Gasteiger partial charge in [-0.25, -0.2) is 4.39 Å². The zero-order chi connectivity index (χ0) is 15.2. The van der Waals surface area contributed by atoms with Crippen LogP contribution in [0.4, 0.5) is 10.1 Å². The standard InChI is InChI=1S/C16H12ClFN2O/c17-13-5-1-4-12(10-13)16(21)20-15-7-6-11(3-2-8-19)9-14(15)18/h1,4-7,9-10H,8,19H2,(H,20,21). The Balaban J connectivity index is 2.18.